The summed E-state index contributed by atoms with van der Waals surface area (Å²) in [5, 5.41) is 33.6. The quantitative estimate of drug-likeness (QED) is 0.0218. The predicted molar refractivity (Wildman–Crippen MR) is 669 cm³/mol. The molecule has 0 spiro atoms. The lowest BCUT2D eigenvalue weighted by molar-refractivity contribution is -0.121. The highest BCUT2D eigenvalue weighted by atomic mass is 33.1. The Kier molecular flexibility index (Phi) is 95.7. The number of hydrogen-bond acceptors (Lipinski definition) is 29. The molecule has 10 fully saturated rings. The van der Waals surface area contributed by atoms with Crippen LogP contribution in [0.2, 0.25) is 0 Å². The van der Waals surface area contributed by atoms with E-state index in [1.807, 2.05) is 108 Å². The number of nitrogens with one attached hydrogen (secondary N) is 8. The molecule has 10 nitrogen and oxygen atoms in total. The van der Waals surface area contributed by atoms with Crippen LogP contribution < -0.4 is 42.5 Å². The van der Waals surface area contributed by atoms with Crippen LogP contribution in [-0.2, 0) is 4.79 Å². The molecule has 0 aromatic carbocycles. The normalized spacial score (nSPS) is 22.6. The lowest BCUT2D eigenvalue weighted by atomic mass is 10.0. The highest BCUT2D eigenvalue weighted by Crippen LogP contribution is 2.45. The minimum atomic E-state index is 0.243. The van der Waals surface area contributed by atoms with Crippen LogP contribution in [-0.4, -0.2) is 233 Å². The molecule has 0 saturated carbocycles. The van der Waals surface area contributed by atoms with Crippen LogP contribution in [0.5, 0.6) is 0 Å². The Morgan fingerprint density at radius 2 is 0.597 bits per heavy atom. The first-order valence-electron chi connectivity index (χ1n) is 53.9. The molecule has 10 aliphatic heterocycles. The number of carbonyl (C=O) groups is 1. The van der Waals surface area contributed by atoms with Gasteiger partial charge in [-0.2, -0.15) is 0 Å². The van der Waals surface area contributed by atoms with Gasteiger partial charge in [0.15, 0.2) is 0 Å². The van der Waals surface area contributed by atoms with Crippen molar-refractivity contribution in [2.75, 3.05) is 113 Å². The summed E-state index contributed by atoms with van der Waals surface area (Å²) < 4.78 is 0. The van der Waals surface area contributed by atoms with Crippen molar-refractivity contribution < 1.29 is 4.79 Å². The minimum absolute atomic E-state index is 0.243. The number of unbranched alkanes of at least 4 members (excludes halogenated alkanes) is 10. The Bertz CT molecular complexity index is 2410. The van der Waals surface area contributed by atoms with E-state index in [1.165, 1.54) is 331 Å². The molecule has 10 saturated heterocycles. The molecule has 10 rings (SSSR count). The number of hydrogen-bond donors (Lipinski definition) is 8. The van der Waals surface area contributed by atoms with Gasteiger partial charge in [-0.25, -0.2) is 0 Å². The zero-order valence-corrected chi connectivity index (χ0v) is 107. The Hall–Kier alpha value is 6.15. The highest BCUT2D eigenvalue weighted by Gasteiger charge is 2.26. The molecule has 10 aliphatic rings. The first kappa shape index (κ1) is 138. The molecular formula is C104H215N9OS20. The summed E-state index contributed by atoms with van der Waals surface area (Å²) in [5.74, 6) is 20.4. The molecule has 10 heterocycles. The van der Waals surface area contributed by atoms with Gasteiger partial charge in [0.25, 0.3) is 0 Å². The summed E-state index contributed by atoms with van der Waals surface area (Å²) in [6, 6.07) is 6.88. The van der Waals surface area contributed by atoms with Gasteiger partial charge in [0.05, 0.1) is 0 Å². The van der Waals surface area contributed by atoms with E-state index >= 15 is 0 Å². The number of rotatable bonds is 48. The van der Waals surface area contributed by atoms with E-state index in [9.17, 15) is 4.79 Å². The Morgan fingerprint density at radius 1 is 0.291 bits per heavy atom. The van der Waals surface area contributed by atoms with Crippen LogP contribution in [0, 0.1) is 11.8 Å². The fourth-order valence-electron chi connectivity index (χ4n) is 16.1. The Morgan fingerprint density at radius 3 is 0.955 bits per heavy atom. The van der Waals surface area contributed by atoms with Crippen molar-refractivity contribution in [3.63, 3.8) is 0 Å². The van der Waals surface area contributed by atoms with Gasteiger partial charge in [0.1, 0.15) is 0 Å². The van der Waals surface area contributed by atoms with Gasteiger partial charge in [-0.3, -0.25) is 9.69 Å². The van der Waals surface area contributed by atoms with Crippen LogP contribution in [0.25, 0.3) is 0 Å². The topological polar surface area (TPSA) is 117 Å². The first-order chi connectivity index (χ1) is 63.9. The van der Waals surface area contributed by atoms with Crippen LogP contribution in [0.4, 0.5) is 0 Å². The van der Waals surface area contributed by atoms with E-state index in [2.05, 4.69) is 328 Å². The van der Waals surface area contributed by atoms with Gasteiger partial charge >= 0.3 is 0 Å². The van der Waals surface area contributed by atoms with E-state index < -0.39 is 0 Å². The highest BCUT2D eigenvalue weighted by molar-refractivity contribution is 8.79. The van der Waals surface area contributed by atoms with Gasteiger partial charge in [0.2, 0.25) is 5.91 Å². The zero-order chi connectivity index (χ0) is 99.2. The predicted octanol–water partition coefficient (Wildman–Crippen LogP) is 35.0. The number of nitrogens with zero attached hydrogens (tertiary/aromatic N) is 1. The second-order valence-corrected chi connectivity index (χ2v) is 70.8. The summed E-state index contributed by atoms with van der Waals surface area (Å²) >= 11 is 0. The lowest BCUT2D eigenvalue weighted by Crippen LogP contribution is -2.45. The second-order valence-electron chi connectivity index (χ2n) is 43.5. The maximum Gasteiger partial charge on any atom is 0.219 e. The zero-order valence-electron chi connectivity index (χ0n) is 90.7. The van der Waals surface area contributed by atoms with Crippen LogP contribution >= 0.6 is 216 Å². The van der Waals surface area contributed by atoms with E-state index in [0.717, 1.165) is 86.9 Å². The van der Waals surface area contributed by atoms with Gasteiger partial charge < -0.3 is 42.5 Å². The molecule has 9 atom stereocenters. The molecule has 0 aromatic rings. The minimum Gasteiger partial charge on any atom is -0.356 e. The summed E-state index contributed by atoms with van der Waals surface area (Å²) in [7, 11) is 41.0. The standard InChI is InChI=1S/C14H27NOS2.C13H26S2.2C12H25NS2.2C11H23NS2.C9H19NS2.C8H17NS2.2C7H15NS2/c1-12(2)6-5-10-15-14(16)8-4-3-7-13-9-11-17-18-13;1-12(2)8-5-3-4-6-9-13-10-7-11-14-15-13;2*1-10(2)13-11(3)6-4-5-7-12-8-9-14-15-12;2*1-10(2)12-8-5-3-4-6-11-7-9-13-14-11;1-9(2,3)10-8-4-6-11-12-7-5-8;1-8(2,3)9-7-4-5-10-11-6-7;1-7(2,3)8-6-4-9-10-5-6;1-7(2)8-3-5-9-10-6-4-8/h12-13H,3-11H2,1-2H3,(H,15,16);12-13H,3-11H2,1-2H3;2*10-13H,4-9H2,1-3H3;2*10-12H,3-9H2,1-2H3;8,10H,4-7H2,1-3H3;7,9H,4-6H2,1-3H3;6,8H,4-5H2,1-3H3;7H,3-6H2,1-2H3/t;;11?,12-;;11-;;;;;/m..0.0...../s1. The van der Waals surface area contributed by atoms with Crippen LogP contribution in [0.1, 0.15) is 417 Å². The van der Waals surface area contributed by atoms with Crippen molar-refractivity contribution in [1.29, 1.82) is 0 Å². The number of carbonyl (C=O) groups excluding carboxylic acids is 1. The first-order valence-corrected chi connectivity index (χ1v) is 78.2. The third kappa shape index (κ3) is 96.4. The SMILES string of the molecule is CC(C)(C)NC1CCSSC1.CC(C)(C)NC1CCSSCC1.CC(C)(C)NC1CSSC1.CC(C)CCCCCCC1CCCSS1.CC(C)CCCNC(=O)CCCCC1CCSS1.CC(C)N1CCSSCC1.CC(C)NC(C)CCCCC1CCSS1.CC(C)NC(C)CCCC[C@H]1CCSS1.CC(C)NCCCCCC1CCSS1.CC(C)NCCCCC[C@H]1CCSS1. The molecule has 8 N–H and O–H groups in total. The molecule has 0 aromatic heterocycles. The Balaban J connectivity index is 0.000000748. The third-order valence-corrected chi connectivity index (χ3v) is 51.0. The van der Waals surface area contributed by atoms with Gasteiger partial charge in [-0.15, -0.1) is 0 Å². The Labute approximate surface area is 914 Å². The van der Waals surface area contributed by atoms with Gasteiger partial charge in [-0.1, -0.05) is 389 Å². The van der Waals surface area contributed by atoms with Crippen molar-refractivity contribution in [2.24, 2.45) is 11.8 Å². The molecule has 0 radical (unpaired) electrons. The largest absolute Gasteiger partial charge is 0.356 e. The van der Waals surface area contributed by atoms with E-state index in [1.54, 1.807) is 0 Å². The maximum atomic E-state index is 11.6. The summed E-state index contributed by atoms with van der Waals surface area (Å²) in [6.45, 7) is 61.9. The molecular weight excluding hydrogens is 2030 g/mol. The fourth-order valence-corrected chi connectivity index (χ4v) is 43.5. The van der Waals surface area contributed by atoms with Gasteiger partial charge in [0, 0.05) is 215 Å². The molecule has 0 aliphatic carbocycles. The summed E-state index contributed by atoms with van der Waals surface area (Å²) in [5.41, 5.74) is 0.855. The number of amides is 1. The molecule has 1 amide bonds. The van der Waals surface area contributed by atoms with Crippen molar-refractivity contribution >= 4 is 222 Å². The molecule has 134 heavy (non-hydrogen) atoms. The van der Waals surface area contributed by atoms with Crippen LogP contribution in [0.3, 0.4) is 0 Å². The maximum absolute atomic E-state index is 11.6. The molecule has 7 unspecified atom stereocenters. The monoisotopic (exact) mass is 2250 g/mol. The summed E-state index contributed by atoms with van der Waals surface area (Å²) in [6.07, 6.45) is 51.8. The van der Waals surface area contributed by atoms with E-state index in [-0.39, 0.29) is 22.5 Å². The van der Waals surface area contributed by atoms with Crippen LogP contribution in [0.15, 0.2) is 0 Å². The average molecular weight is 2250 g/mol. The van der Waals surface area contributed by atoms with Crippen molar-refractivity contribution in [3.8, 4) is 0 Å². The lowest BCUT2D eigenvalue weighted by Gasteiger charge is -2.30. The average Bonchev–Trinajstić information content (AvgIpc) is 1.60. The van der Waals surface area contributed by atoms with E-state index in [0.29, 0.717) is 42.7 Å². The van der Waals surface area contributed by atoms with Crippen molar-refractivity contribution in [2.45, 2.75) is 526 Å². The van der Waals surface area contributed by atoms with Crippen molar-refractivity contribution in [3.05, 3.63) is 0 Å². The smallest absolute Gasteiger partial charge is 0.219 e. The third-order valence-electron chi connectivity index (χ3n) is 23.0. The molecule has 30 heteroatoms. The molecule has 802 valence electrons. The van der Waals surface area contributed by atoms with Gasteiger partial charge in [-0.05, 0) is 263 Å². The second kappa shape index (κ2) is 92.8. The van der Waals surface area contributed by atoms with Crippen molar-refractivity contribution in [1.82, 2.24) is 47.4 Å². The fraction of sp³-hybridized carbons (Fsp3) is 0.990. The molecule has 0 bridgehead atoms. The summed E-state index contributed by atoms with van der Waals surface area (Å²) in [4.78, 5) is 14.1. The van der Waals surface area contributed by atoms with E-state index in [4.69, 9.17) is 0 Å².